The van der Waals surface area contributed by atoms with Gasteiger partial charge in [0.15, 0.2) is 0 Å². The first-order valence-corrected chi connectivity index (χ1v) is 9.16. The third-order valence-corrected chi connectivity index (χ3v) is 5.29. The van der Waals surface area contributed by atoms with E-state index in [9.17, 15) is 14.4 Å². The van der Waals surface area contributed by atoms with Crippen LogP contribution in [0.25, 0.3) is 10.9 Å². The lowest BCUT2D eigenvalue weighted by Crippen LogP contribution is -2.45. The molecule has 2 aliphatic heterocycles. The van der Waals surface area contributed by atoms with E-state index in [1.165, 1.54) is 0 Å². The van der Waals surface area contributed by atoms with Gasteiger partial charge in [-0.05, 0) is 31.4 Å². The zero-order chi connectivity index (χ0) is 18.1. The van der Waals surface area contributed by atoms with Gasteiger partial charge in [0.2, 0.25) is 11.8 Å². The highest BCUT2D eigenvalue weighted by atomic mass is 16.2. The second-order valence-electron chi connectivity index (χ2n) is 7.07. The van der Waals surface area contributed by atoms with Gasteiger partial charge in [-0.2, -0.15) is 0 Å². The summed E-state index contributed by atoms with van der Waals surface area (Å²) in [6.45, 7) is 2.05. The summed E-state index contributed by atoms with van der Waals surface area (Å²) in [6, 6.07) is 7.27. The molecule has 1 aromatic carbocycles. The van der Waals surface area contributed by atoms with Gasteiger partial charge in [-0.3, -0.25) is 14.4 Å². The number of aromatic amines is 1. The number of carbonyl (C=O) groups is 2. The number of hydrogen-bond donors (Lipinski definition) is 1. The summed E-state index contributed by atoms with van der Waals surface area (Å²) < 4.78 is 0. The molecule has 0 bridgehead atoms. The Bertz CT molecular complexity index is 907. The van der Waals surface area contributed by atoms with Crippen molar-refractivity contribution in [3.05, 3.63) is 40.4 Å². The Morgan fingerprint density at radius 1 is 1.19 bits per heavy atom. The largest absolute Gasteiger partial charge is 0.340 e. The maximum atomic E-state index is 12.6. The van der Waals surface area contributed by atoms with E-state index in [4.69, 9.17) is 0 Å². The molecule has 1 aromatic heterocycles. The molecular weight excluding hydrogens is 332 g/mol. The minimum Gasteiger partial charge on any atom is -0.340 e. The smallest absolute Gasteiger partial charge is 0.258 e. The molecule has 2 aliphatic rings. The Balaban J connectivity index is 1.50. The molecule has 0 unspecified atom stereocenters. The van der Waals surface area contributed by atoms with Gasteiger partial charge in [0.25, 0.3) is 5.56 Å². The number of nitrogens with zero attached hydrogens (tertiary/aromatic N) is 3. The molecule has 7 nitrogen and oxygen atoms in total. The van der Waals surface area contributed by atoms with E-state index in [0.29, 0.717) is 42.8 Å². The van der Waals surface area contributed by atoms with E-state index in [0.717, 1.165) is 19.3 Å². The molecule has 4 rings (SSSR count). The normalized spacial score (nSPS) is 20.8. The fraction of sp³-hybridized carbons (Fsp3) is 0.474. The number of benzene rings is 1. The van der Waals surface area contributed by atoms with Gasteiger partial charge in [0.1, 0.15) is 5.82 Å². The van der Waals surface area contributed by atoms with Crippen LogP contribution >= 0.6 is 0 Å². The molecule has 0 saturated carbocycles. The summed E-state index contributed by atoms with van der Waals surface area (Å²) >= 11 is 0. The second-order valence-corrected chi connectivity index (χ2v) is 7.07. The highest BCUT2D eigenvalue weighted by molar-refractivity contribution is 5.86. The van der Waals surface area contributed by atoms with Crippen LogP contribution in [0.15, 0.2) is 29.1 Å². The quantitative estimate of drug-likeness (QED) is 0.899. The molecule has 3 heterocycles. The van der Waals surface area contributed by atoms with Crippen molar-refractivity contribution in [1.29, 1.82) is 0 Å². The zero-order valence-corrected chi connectivity index (χ0v) is 14.6. The van der Waals surface area contributed by atoms with Crippen LogP contribution in [0.1, 0.15) is 37.4 Å². The Morgan fingerprint density at radius 3 is 2.85 bits per heavy atom. The predicted octanol–water partition coefficient (Wildman–Crippen LogP) is 1.25. The van der Waals surface area contributed by atoms with Crippen LogP contribution < -0.4 is 5.56 Å². The first kappa shape index (κ1) is 16.8. The van der Waals surface area contributed by atoms with Crippen molar-refractivity contribution in [2.75, 3.05) is 26.2 Å². The van der Waals surface area contributed by atoms with Crippen molar-refractivity contribution < 1.29 is 9.59 Å². The number of carbonyl (C=O) groups excluding carboxylic acids is 2. The summed E-state index contributed by atoms with van der Waals surface area (Å²) in [5.74, 6) is 0.697. The minimum absolute atomic E-state index is 0.0132. The molecule has 2 saturated heterocycles. The monoisotopic (exact) mass is 354 g/mol. The van der Waals surface area contributed by atoms with E-state index < -0.39 is 0 Å². The van der Waals surface area contributed by atoms with Crippen molar-refractivity contribution in [2.24, 2.45) is 0 Å². The molecule has 2 aromatic rings. The number of hydrogen-bond acceptors (Lipinski definition) is 4. The number of aromatic nitrogens is 2. The number of H-pyrrole nitrogens is 1. The molecule has 0 aliphatic carbocycles. The lowest BCUT2D eigenvalue weighted by molar-refractivity contribution is -0.139. The third-order valence-electron chi connectivity index (χ3n) is 5.29. The maximum absolute atomic E-state index is 12.6. The second kappa shape index (κ2) is 6.90. The van der Waals surface area contributed by atoms with Gasteiger partial charge in [0.05, 0.1) is 17.4 Å². The van der Waals surface area contributed by atoms with Gasteiger partial charge in [-0.1, -0.05) is 12.1 Å². The molecule has 7 heteroatoms. The topological polar surface area (TPSA) is 86.4 Å². The van der Waals surface area contributed by atoms with E-state index in [1.54, 1.807) is 15.9 Å². The van der Waals surface area contributed by atoms with Gasteiger partial charge in [0, 0.05) is 32.0 Å². The SMILES string of the molecule is O=C1CCCN1CC(=O)N1CCC[C@H](c2nc3ccccc3c(=O)[nH]2)C1. The first-order valence-electron chi connectivity index (χ1n) is 9.16. The van der Waals surface area contributed by atoms with E-state index in [1.807, 2.05) is 18.2 Å². The fourth-order valence-corrected chi connectivity index (χ4v) is 3.86. The van der Waals surface area contributed by atoms with Gasteiger partial charge >= 0.3 is 0 Å². The van der Waals surface area contributed by atoms with Gasteiger partial charge in [-0.15, -0.1) is 0 Å². The average Bonchev–Trinajstić information content (AvgIpc) is 3.06. The van der Waals surface area contributed by atoms with E-state index in [-0.39, 0.29) is 29.8 Å². The van der Waals surface area contributed by atoms with Crippen LogP contribution in [0, 0.1) is 0 Å². The van der Waals surface area contributed by atoms with Crippen LogP contribution in [0.4, 0.5) is 0 Å². The molecule has 26 heavy (non-hydrogen) atoms. The number of piperidine rings is 1. The number of rotatable bonds is 3. The van der Waals surface area contributed by atoms with Crippen molar-refractivity contribution in [3.63, 3.8) is 0 Å². The van der Waals surface area contributed by atoms with Gasteiger partial charge in [-0.25, -0.2) is 4.98 Å². The van der Waals surface area contributed by atoms with Crippen molar-refractivity contribution >= 4 is 22.7 Å². The van der Waals surface area contributed by atoms with Crippen molar-refractivity contribution in [3.8, 4) is 0 Å². The molecule has 0 radical (unpaired) electrons. The fourth-order valence-electron chi connectivity index (χ4n) is 3.86. The Morgan fingerprint density at radius 2 is 2.04 bits per heavy atom. The summed E-state index contributed by atoms with van der Waals surface area (Å²) in [7, 11) is 0. The summed E-state index contributed by atoms with van der Waals surface area (Å²) in [4.78, 5) is 47.6. The first-order chi connectivity index (χ1) is 12.6. The number of para-hydroxylation sites is 1. The van der Waals surface area contributed by atoms with E-state index in [2.05, 4.69) is 9.97 Å². The van der Waals surface area contributed by atoms with E-state index >= 15 is 0 Å². The predicted molar refractivity (Wildman–Crippen MR) is 96.7 cm³/mol. The van der Waals surface area contributed by atoms with Crippen molar-refractivity contribution in [1.82, 2.24) is 19.8 Å². The Labute approximate surface area is 151 Å². The molecule has 0 spiro atoms. The standard InChI is InChI=1S/C19H22N4O3/c24-16-8-4-10-23(16)12-17(25)22-9-3-5-13(11-22)18-20-15-7-2-1-6-14(15)19(26)21-18/h1-2,6-7,13H,3-5,8-12H2,(H,20,21,26)/t13-/m0/s1. The van der Waals surface area contributed by atoms with Gasteiger partial charge < -0.3 is 14.8 Å². The van der Waals surface area contributed by atoms with Crippen molar-refractivity contribution in [2.45, 2.75) is 31.6 Å². The molecule has 2 fully saturated rings. The lowest BCUT2D eigenvalue weighted by Gasteiger charge is -2.33. The number of fused-ring (bicyclic) bond motifs is 1. The number of likely N-dealkylation sites (tertiary alicyclic amines) is 2. The minimum atomic E-state index is -0.142. The maximum Gasteiger partial charge on any atom is 0.258 e. The van der Waals surface area contributed by atoms with Crippen LogP contribution in [-0.2, 0) is 9.59 Å². The number of amides is 2. The average molecular weight is 354 g/mol. The lowest BCUT2D eigenvalue weighted by atomic mass is 9.97. The molecule has 1 atom stereocenters. The van der Waals surface area contributed by atoms with Crippen LogP contribution in [0.3, 0.4) is 0 Å². The summed E-state index contributed by atoms with van der Waals surface area (Å²) in [6.07, 6.45) is 3.11. The van der Waals surface area contributed by atoms with Crippen LogP contribution in [0.5, 0.6) is 0 Å². The molecule has 136 valence electrons. The summed E-state index contributed by atoms with van der Waals surface area (Å²) in [5, 5.41) is 0.576. The molecule has 2 amide bonds. The number of nitrogens with one attached hydrogen (secondary N) is 1. The Kier molecular flexibility index (Phi) is 4.44. The third kappa shape index (κ3) is 3.21. The summed E-state index contributed by atoms with van der Waals surface area (Å²) in [5.41, 5.74) is 0.536. The molecular formula is C19H22N4O3. The highest BCUT2D eigenvalue weighted by Gasteiger charge is 2.29. The Hall–Kier alpha value is -2.70. The highest BCUT2D eigenvalue weighted by Crippen LogP contribution is 2.25. The van der Waals surface area contributed by atoms with Crippen LogP contribution in [-0.4, -0.2) is 57.8 Å². The zero-order valence-electron chi connectivity index (χ0n) is 14.6. The molecule has 1 N–H and O–H groups in total. The van der Waals surface area contributed by atoms with Crippen LogP contribution in [0.2, 0.25) is 0 Å².